The molecule has 1 fully saturated rings. The highest BCUT2D eigenvalue weighted by Crippen LogP contribution is 2.26. The van der Waals surface area contributed by atoms with Gasteiger partial charge in [-0.3, -0.25) is 14.4 Å². The summed E-state index contributed by atoms with van der Waals surface area (Å²) >= 11 is 0. The summed E-state index contributed by atoms with van der Waals surface area (Å²) in [5.74, 6) is -3.18. The van der Waals surface area contributed by atoms with Crippen LogP contribution in [-0.4, -0.2) is 89.2 Å². The zero-order valence-electron chi connectivity index (χ0n) is 46.1. The van der Waals surface area contributed by atoms with Gasteiger partial charge in [-0.1, -0.05) is 236 Å². The van der Waals surface area contributed by atoms with Crippen molar-refractivity contribution < 1.29 is 58.2 Å². The second kappa shape index (κ2) is 49.3. The van der Waals surface area contributed by atoms with Crippen molar-refractivity contribution in [1.29, 1.82) is 0 Å². The number of carboxylic acids is 1. The fourth-order valence-electron chi connectivity index (χ4n) is 8.64. The Morgan fingerprint density at radius 2 is 0.863 bits per heavy atom. The summed E-state index contributed by atoms with van der Waals surface area (Å²) in [4.78, 5) is 51.0. The van der Waals surface area contributed by atoms with Gasteiger partial charge in [0.2, 0.25) is 0 Å². The lowest BCUT2D eigenvalue weighted by molar-refractivity contribution is -0.301. The number of ether oxygens (including phenoxy) is 5. The first-order valence-electron chi connectivity index (χ1n) is 29.3. The number of carbonyl (C=O) groups excluding carboxylic acids is 3. The standard InChI is InChI=1S/C61H104O12/c1-4-7-10-13-16-19-21-23-25-27-29-31-33-36-38-41-44-47-53(62)69-50-52(71-54(63)48-45-42-39-35-18-15-12-9-6-3)51-70-61-59(57(66)56(65)58(73-61)60(67)68)72-55(64)49-46-43-40-37-34-32-30-28-26-24-22-20-17-14-11-8-5-2/h8,11,17,20,24,26,30,32,37,40,52,56-59,61,65-66H,4-7,9-10,12-16,18-19,21-23,25,27-29,31,33-36,38-39,41-51H2,1-3H3,(H,67,68)/b11-8-,20-17-,26-24-,32-30-,40-37-. The molecule has 6 unspecified atom stereocenters. The molecule has 1 saturated heterocycles. The molecule has 12 nitrogen and oxygen atoms in total. The lowest BCUT2D eigenvalue weighted by Crippen LogP contribution is -2.61. The Bertz CT molecular complexity index is 1500. The van der Waals surface area contributed by atoms with Gasteiger partial charge >= 0.3 is 23.9 Å². The minimum Gasteiger partial charge on any atom is -0.479 e. The third-order valence-corrected chi connectivity index (χ3v) is 13.1. The normalized spacial score (nSPS) is 18.7. The smallest absolute Gasteiger partial charge is 0.335 e. The van der Waals surface area contributed by atoms with Crippen LogP contribution in [0.1, 0.15) is 252 Å². The molecule has 3 N–H and O–H groups in total. The van der Waals surface area contributed by atoms with Crippen molar-refractivity contribution in [2.75, 3.05) is 13.2 Å². The van der Waals surface area contributed by atoms with Gasteiger partial charge in [-0.25, -0.2) is 4.79 Å². The number of esters is 3. The van der Waals surface area contributed by atoms with Crippen molar-refractivity contribution in [3.63, 3.8) is 0 Å². The largest absolute Gasteiger partial charge is 0.479 e. The maximum Gasteiger partial charge on any atom is 0.335 e. The van der Waals surface area contributed by atoms with E-state index in [1.165, 1.54) is 116 Å². The first kappa shape index (κ1) is 67.4. The van der Waals surface area contributed by atoms with Crippen LogP contribution in [0.4, 0.5) is 0 Å². The molecule has 1 aliphatic heterocycles. The molecule has 0 spiro atoms. The zero-order chi connectivity index (χ0) is 53.3. The van der Waals surface area contributed by atoms with Crippen molar-refractivity contribution in [1.82, 2.24) is 0 Å². The van der Waals surface area contributed by atoms with E-state index in [0.29, 0.717) is 25.7 Å². The van der Waals surface area contributed by atoms with Gasteiger partial charge in [0.15, 0.2) is 24.6 Å². The van der Waals surface area contributed by atoms with E-state index in [9.17, 15) is 34.5 Å². The summed E-state index contributed by atoms with van der Waals surface area (Å²) in [7, 11) is 0. The van der Waals surface area contributed by atoms with Crippen LogP contribution in [0.2, 0.25) is 0 Å². The number of carbonyl (C=O) groups is 4. The number of aliphatic hydroxyl groups is 2. The van der Waals surface area contributed by atoms with Crippen LogP contribution in [0.3, 0.4) is 0 Å². The molecule has 0 radical (unpaired) electrons. The average molecular weight is 1030 g/mol. The van der Waals surface area contributed by atoms with E-state index in [-0.39, 0.29) is 25.9 Å². The molecule has 0 aromatic carbocycles. The van der Waals surface area contributed by atoms with Gasteiger partial charge in [0.25, 0.3) is 0 Å². The molecule has 1 rings (SSSR count). The Hall–Kier alpha value is -3.58. The van der Waals surface area contributed by atoms with E-state index in [1.54, 1.807) is 0 Å². The number of hydrogen-bond acceptors (Lipinski definition) is 11. The molecule has 1 aliphatic rings. The minimum atomic E-state index is -1.92. The van der Waals surface area contributed by atoms with Crippen LogP contribution in [0.25, 0.3) is 0 Å². The van der Waals surface area contributed by atoms with Gasteiger partial charge < -0.3 is 39.0 Å². The fourth-order valence-corrected chi connectivity index (χ4v) is 8.64. The van der Waals surface area contributed by atoms with E-state index in [4.69, 9.17) is 23.7 Å². The molecule has 420 valence electrons. The Morgan fingerprint density at radius 1 is 0.466 bits per heavy atom. The van der Waals surface area contributed by atoms with Crippen molar-refractivity contribution in [3.05, 3.63) is 60.8 Å². The second-order valence-corrected chi connectivity index (χ2v) is 19.9. The summed E-state index contributed by atoms with van der Waals surface area (Å²) in [5.41, 5.74) is 0. The van der Waals surface area contributed by atoms with Crippen LogP contribution in [0.5, 0.6) is 0 Å². The quantitative estimate of drug-likeness (QED) is 0.0228. The summed E-state index contributed by atoms with van der Waals surface area (Å²) < 4.78 is 28.3. The highest BCUT2D eigenvalue weighted by molar-refractivity contribution is 5.74. The van der Waals surface area contributed by atoms with Gasteiger partial charge in [-0.2, -0.15) is 0 Å². The monoisotopic (exact) mass is 1030 g/mol. The maximum atomic E-state index is 13.1. The van der Waals surface area contributed by atoms with Gasteiger partial charge in [0, 0.05) is 19.3 Å². The summed E-state index contributed by atoms with van der Waals surface area (Å²) in [5, 5.41) is 31.4. The van der Waals surface area contributed by atoms with Crippen LogP contribution in [0.15, 0.2) is 60.8 Å². The molecule has 1 heterocycles. The van der Waals surface area contributed by atoms with E-state index < -0.39 is 67.3 Å². The summed E-state index contributed by atoms with van der Waals surface area (Å²) in [6.45, 7) is 5.84. The number of carboxylic acid groups (broad SMARTS) is 1. The predicted molar refractivity (Wildman–Crippen MR) is 294 cm³/mol. The average Bonchev–Trinajstić information content (AvgIpc) is 3.37. The Kier molecular flexibility index (Phi) is 45.5. The van der Waals surface area contributed by atoms with Gasteiger partial charge in [0.05, 0.1) is 6.61 Å². The highest BCUT2D eigenvalue weighted by atomic mass is 16.7. The minimum absolute atomic E-state index is 0.0167. The number of aliphatic carboxylic acids is 1. The lowest BCUT2D eigenvalue weighted by atomic mass is 9.98. The van der Waals surface area contributed by atoms with Crippen LogP contribution >= 0.6 is 0 Å². The fraction of sp³-hybridized carbons (Fsp3) is 0.770. The number of allylic oxidation sites excluding steroid dienone is 10. The Labute approximate surface area is 443 Å². The van der Waals surface area contributed by atoms with Crippen molar-refractivity contribution in [2.24, 2.45) is 0 Å². The Morgan fingerprint density at radius 3 is 1.30 bits per heavy atom. The molecule has 0 aromatic heterocycles. The number of rotatable bonds is 49. The summed E-state index contributed by atoms with van der Waals surface area (Å²) in [6, 6.07) is 0. The zero-order valence-corrected chi connectivity index (χ0v) is 46.1. The number of unbranched alkanes of at least 4 members (excludes halogenated alkanes) is 25. The van der Waals surface area contributed by atoms with Gasteiger partial charge in [-0.05, 0) is 57.8 Å². The van der Waals surface area contributed by atoms with E-state index >= 15 is 0 Å². The van der Waals surface area contributed by atoms with Crippen LogP contribution in [-0.2, 0) is 42.9 Å². The lowest BCUT2D eigenvalue weighted by Gasteiger charge is -2.40. The molecule has 0 aliphatic carbocycles. The molecule has 0 aromatic rings. The van der Waals surface area contributed by atoms with Crippen molar-refractivity contribution >= 4 is 23.9 Å². The third kappa shape index (κ3) is 39.5. The molecule has 6 atom stereocenters. The molecule has 0 amide bonds. The molecule has 0 saturated carbocycles. The molecule has 0 bridgehead atoms. The maximum absolute atomic E-state index is 13.1. The van der Waals surface area contributed by atoms with Crippen LogP contribution < -0.4 is 0 Å². The molecule has 73 heavy (non-hydrogen) atoms. The van der Waals surface area contributed by atoms with Crippen molar-refractivity contribution in [2.45, 2.75) is 289 Å². The van der Waals surface area contributed by atoms with E-state index in [0.717, 1.165) is 70.6 Å². The van der Waals surface area contributed by atoms with Crippen molar-refractivity contribution in [3.8, 4) is 0 Å². The summed E-state index contributed by atoms with van der Waals surface area (Å²) in [6.07, 6.45) is 47.8. The van der Waals surface area contributed by atoms with Gasteiger partial charge in [-0.15, -0.1) is 0 Å². The molecule has 12 heteroatoms. The number of hydrogen-bond donors (Lipinski definition) is 3. The van der Waals surface area contributed by atoms with E-state index in [2.05, 4.69) is 69.4 Å². The SMILES string of the molecule is CC/C=C\C/C=C\C/C=C\C/C=C\C/C=C\CCCC(=O)OC1C(OCC(COC(=O)CCCCCCCCCCCCCCCCCCC)OC(=O)CCCCCCCCCCC)OC(C(=O)O)C(O)C1O. The third-order valence-electron chi connectivity index (χ3n) is 13.1. The number of aliphatic hydroxyl groups excluding tert-OH is 2. The Balaban J connectivity index is 2.67. The first-order chi connectivity index (χ1) is 35.6. The first-order valence-corrected chi connectivity index (χ1v) is 29.3. The topological polar surface area (TPSA) is 175 Å². The predicted octanol–water partition coefficient (Wildman–Crippen LogP) is 14.8. The van der Waals surface area contributed by atoms with E-state index in [1.807, 2.05) is 12.2 Å². The highest BCUT2D eigenvalue weighted by Gasteiger charge is 2.50. The van der Waals surface area contributed by atoms with Gasteiger partial charge in [0.1, 0.15) is 18.8 Å². The molecular formula is C61H104O12. The molecular weight excluding hydrogens is 925 g/mol. The van der Waals surface area contributed by atoms with Crippen LogP contribution in [0, 0.1) is 0 Å². The second-order valence-electron chi connectivity index (χ2n) is 19.9.